The van der Waals surface area contributed by atoms with Gasteiger partial charge < -0.3 is 4.74 Å². The summed E-state index contributed by atoms with van der Waals surface area (Å²) in [4.78, 5) is 16.1. The van der Waals surface area contributed by atoms with Crippen molar-refractivity contribution in [1.29, 1.82) is 0 Å². The van der Waals surface area contributed by atoms with E-state index in [2.05, 4.69) is 15.3 Å². The summed E-state index contributed by atoms with van der Waals surface area (Å²) >= 11 is 0. The van der Waals surface area contributed by atoms with Gasteiger partial charge in [0.05, 0.1) is 24.5 Å². The summed E-state index contributed by atoms with van der Waals surface area (Å²) in [5.74, 6) is -0.414. The zero-order chi connectivity index (χ0) is 14.4. The molecular formula is C14H18N4O2. The van der Waals surface area contributed by atoms with Crippen LogP contribution in [0.5, 0.6) is 0 Å². The number of nitrogens with zero attached hydrogens (tertiary/aromatic N) is 4. The van der Waals surface area contributed by atoms with Crippen molar-refractivity contribution in [1.82, 2.24) is 20.0 Å². The number of ether oxygens (including phenoxy) is 1. The number of rotatable bonds is 6. The fourth-order valence-electron chi connectivity index (χ4n) is 1.95. The van der Waals surface area contributed by atoms with Crippen molar-refractivity contribution in [2.45, 2.75) is 33.2 Å². The Morgan fingerprint density at radius 1 is 1.35 bits per heavy atom. The molecule has 0 aliphatic heterocycles. The third-order valence-electron chi connectivity index (χ3n) is 2.83. The maximum absolute atomic E-state index is 11.9. The largest absolute Gasteiger partial charge is 0.461 e. The Kier molecular flexibility index (Phi) is 4.81. The normalized spacial score (nSPS) is 10.5. The standard InChI is InChI=1S/C14H18N4O2/c1-3-7-12-13(14(19)20-4-2)16-17-18(12)10-11-8-5-6-9-15-11/h5-6,8-9H,3-4,7,10H2,1-2H3. The molecule has 0 unspecified atom stereocenters. The van der Waals surface area contributed by atoms with Gasteiger partial charge in [0.25, 0.3) is 0 Å². The summed E-state index contributed by atoms with van der Waals surface area (Å²) < 4.78 is 6.73. The summed E-state index contributed by atoms with van der Waals surface area (Å²) in [6, 6.07) is 5.70. The molecule has 2 aromatic rings. The van der Waals surface area contributed by atoms with Crippen molar-refractivity contribution in [3.8, 4) is 0 Å². The molecule has 6 heteroatoms. The van der Waals surface area contributed by atoms with Crippen LogP contribution in [0.3, 0.4) is 0 Å². The molecule has 0 fully saturated rings. The second-order valence-electron chi connectivity index (χ2n) is 4.33. The van der Waals surface area contributed by atoms with Gasteiger partial charge in [-0.15, -0.1) is 5.10 Å². The molecule has 0 aliphatic rings. The third-order valence-corrected chi connectivity index (χ3v) is 2.83. The zero-order valence-electron chi connectivity index (χ0n) is 11.7. The van der Waals surface area contributed by atoms with Crippen LogP contribution in [-0.2, 0) is 17.7 Å². The molecule has 0 N–H and O–H groups in total. The van der Waals surface area contributed by atoms with Crippen molar-refractivity contribution in [3.05, 3.63) is 41.5 Å². The van der Waals surface area contributed by atoms with Crippen molar-refractivity contribution < 1.29 is 9.53 Å². The lowest BCUT2D eigenvalue weighted by Gasteiger charge is -2.06. The topological polar surface area (TPSA) is 69.9 Å². The molecular weight excluding hydrogens is 256 g/mol. The van der Waals surface area contributed by atoms with Crippen molar-refractivity contribution in [2.24, 2.45) is 0 Å². The number of aromatic nitrogens is 4. The molecule has 0 saturated carbocycles. The number of esters is 1. The van der Waals surface area contributed by atoms with Gasteiger partial charge >= 0.3 is 5.97 Å². The molecule has 0 aliphatic carbocycles. The van der Waals surface area contributed by atoms with E-state index in [1.165, 1.54) is 0 Å². The van der Waals surface area contributed by atoms with Crippen LogP contribution in [0, 0.1) is 0 Å². The Morgan fingerprint density at radius 2 is 2.20 bits per heavy atom. The summed E-state index contributed by atoms with van der Waals surface area (Å²) in [6.45, 7) is 4.66. The second-order valence-corrected chi connectivity index (χ2v) is 4.33. The highest BCUT2D eigenvalue weighted by atomic mass is 16.5. The maximum atomic E-state index is 11.9. The fraction of sp³-hybridized carbons (Fsp3) is 0.429. The first kappa shape index (κ1) is 14.2. The first-order chi connectivity index (χ1) is 9.76. The Balaban J connectivity index is 2.27. The van der Waals surface area contributed by atoms with E-state index in [1.807, 2.05) is 25.1 Å². The summed E-state index contributed by atoms with van der Waals surface area (Å²) in [7, 11) is 0. The van der Waals surface area contributed by atoms with E-state index in [9.17, 15) is 4.79 Å². The summed E-state index contributed by atoms with van der Waals surface area (Å²) in [5.41, 5.74) is 1.99. The quantitative estimate of drug-likeness (QED) is 0.752. The predicted molar refractivity (Wildman–Crippen MR) is 73.3 cm³/mol. The molecule has 0 bridgehead atoms. The Bertz CT molecular complexity index is 566. The molecule has 0 spiro atoms. The van der Waals surface area contributed by atoms with Gasteiger partial charge in [0, 0.05) is 6.20 Å². The molecule has 0 aromatic carbocycles. The molecule has 6 nitrogen and oxygen atoms in total. The second kappa shape index (κ2) is 6.79. The molecule has 0 amide bonds. The number of hydrogen-bond donors (Lipinski definition) is 0. The SMILES string of the molecule is CCCc1c(C(=O)OCC)nnn1Cc1ccccn1. The molecule has 0 atom stereocenters. The van der Waals surface area contributed by atoms with Crippen LogP contribution in [0.2, 0.25) is 0 Å². The summed E-state index contributed by atoms with van der Waals surface area (Å²) in [6.07, 6.45) is 3.37. The molecule has 2 aromatic heterocycles. The lowest BCUT2D eigenvalue weighted by Crippen LogP contribution is -2.12. The van der Waals surface area contributed by atoms with Crippen LogP contribution in [0.1, 0.15) is 42.1 Å². The van der Waals surface area contributed by atoms with Crippen LogP contribution < -0.4 is 0 Å². The fourth-order valence-corrected chi connectivity index (χ4v) is 1.95. The van der Waals surface area contributed by atoms with E-state index in [1.54, 1.807) is 17.8 Å². The monoisotopic (exact) mass is 274 g/mol. The van der Waals surface area contributed by atoms with Gasteiger partial charge in [0.15, 0.2) is 5.69 Å². The average molecular weight is 274 g/mol. The minimum absolute atomic E-state index is 0.310. The van der Waals surface area contributed by atoms with E-state index < -0.39 is 5.97 Å². The maximum Gasteiger partial charge on any atom is 0.360 e. The van der Waals surface area contributed by atoms with Crippen LogP contribution in [0.15, 0.2) is 24.4 Å². The van der Waals surface area contributed by atoms with E-state index in [0.717, 1.165) is 24.2 Å². The first-order valence-corrected chi connectivity index (χ1v) is 6.75. The highest BCUT2D eigenvalue weighted by Gasteiger charge is 2.20. The Labute approximate surface area is 117 Å². The lowest BCUT2D eigenvalue weighted by molar-refractivity contribution is 0.0518. The smallest absolute Gasteiger partial charge is 0.360 e. The first-order valence-electron chi connectivity index (χ1n) is 6.75. The van der Waals surface area contributed by atoms with Gasteiger partial charge in [-0.2, -0.15) is 0 Å². The number of carbonyl (C=O) groups excluding carboxylic acids is 1. The van der Waals surface area contributed by atoms with Crippen LogP contribution in [-0.4, -0.2) is 32.6 Å². The highest BCUT2D eigenvalue weighted by molar-refractivity contribution is 5.88. The van der Waals surface area contributed by atoms with E-state index in [-0.39, 0.29) is 0 Å². The molecule has 0 saturated heterocycles. The van der Waals surface area contributed by atoms with Crippen LogP contribution >= 0.6 is 0 Å². The molecule has 20 heavy (non-hydrogen) atoms. The Hall–Kier alpha value is -2.24. The van der Waals surface area contributed by atoms with Gasteiger partial charge in [0.2, 0.25) is 0 Å². The van der Waals surface area contributed by atoms with E-state index in [4.69, 9.17) is 4.74 Å². The van der Waals surface area contributed by atoms with Crippen molar-refractivity contribution in [3.63, 3.8) is 0 Å². The zero-order valence-corrected chi connectivity index (χ0v) is 11.7. The molecule has 2 heterocycles. The average Bonchev–Trinajstić information content (AvgIpc) is 2.84. The van der Waals surface area contributed by atoms with Crippen LogP contribution in [0.25, 0.3) is 0 Å². The van der Waals surface area contributed by atoms with Gasteiger partial charge in [0.1, 0.15) is 0 Å². The van der Waals surface area contributed by atoms with Crippen LogP contribution in [0.4, 0.5) is 0 Å². The van der Waals surface area contributed by atoms with E-state index >= 15 is 0 Å². The highest BCUT2D eigenvalue weighted by Crippen LogP contribution is 2.11. The molecule has 2 rings (SSSR count). The minimum Gasteiger partial charge on any atom is -0.461 e. The molecule has 106 valence electrons. The lowest BCUT2D eigenvalue weighted by atomic mass is 10.2. The number of carbonyl (C=O) groups is 1. The number of hydrogen-bond acceptors (Lipinski definition) is 5. The van der Waals surface area contributed by atoms with E-state index in [0.29, 0.717) is 18.8 Å². The van der Waals surface area contributed by atoms with Gasteiger partial charge in [-0.25, -0.2) is 9.48 Å². The third kappa shape index (κ3) is 3.20. The predicted octanol–water partition coefficient (Wildman–Crippen LogP) is 1.85. The summed E-state index contributed by atoms with van der Waals surface area (Å²) in [5, 5.41) is 8.02. The van der Waals surface area contributed by atoms with Gasteiger partial charge in [-0.05, 0) is 25.5 Å². The Morgan fingerprint density at radius 3 is 2.85 bits per heavy atom. The minimum atomic E-state index is -0.414. The van der Waals surface area contributed by atoms with Crippen molar-refractivity contribution >= 4 is 5.97 Å². The molecule has 0 radical (unpaired) electrons. The number of pyridine rings is 1. The van der Waals surface area contributed by atoms with Gasteiger partial charge in [-0.1, -0.05) is 24.6 Å². The van der Waals surface area contributed by atoms with Gasteiger partial charge in [-0.3, -0.25) is 4.98 Å². The van der Waals surface area contributed by atoms with Crippen molar-refractivity contribution in [2.75, 3.05) is 6.61 Å².